The second-order valence-electron chi connectivity index (χ2n) is 4.88. The summed E-state index contributed by atoms with van der Waals surface area (Å²) in [5.41, 5.74) is 1.52. The average Bonchev–Trinajstić information content (AvgIpc) is 2.76. The maximum Gasteiger partial charge on any atom is 0.178 e. The number of nitrogens with zero attached hydrogens (tertiary/aromatic N) is 2. The molecule has 0 spiro atoms. The van der Waals surface area contributed by atoms with Crippen LogP contribution in [-0.4, -0.2) is 55.4 Å². The first-order valence-corrected chi connectivity index (χ1v) is 7.11. The molecule has 1 N–H and O–H groups in total. The molecule has 116 valence electrons. The fourth-order valence-corrected chi connectivity index (χ4v) is 2.47. The fourth-order valence-electron chi connectivity index (χ4n) is 2.17. The highest BCUT2D eigenvalue weighted by Crippen LogP contribution is 2.24. The highest BCUT2D eigenvalue weighted by molar-refractivity contribution is 7.71. The predicted octanol–water partition coefficient (Wildman–Crippen LogP) is 2.42. The van der Waals surface area contributed by atoms with Crippen molar-refractivity contribution in [2.24, 2.45) is 0 Å². The van der Waals surface area contributed by atoms with Crippen LogP contribution in [0, 0.1) is 10.6 Å². The number of halogens is 1. The molecular formula is C14H20FN3O2S. The Labute approximate surface area is 128 Å². The molecule has 2 rings (SSSR count). The van der Waals surface area contributed by atoms with Gasteiger partial charge in [0.15, 0.2) is 16.3 Å². The van der Waals surface area contributed by atoms with Gasteiger partial charge in [-0.25, -0.2) is 4.39 Å². The number of hydrogen-bond acceptors (Lipinski definition) is 4. The van der Waals surface area contributed by atoms with Crippen LogP contribution in [-0.2, 0) is 11.3 Å². The van der Waals surface area contributed by atoms with Crippen molar-refractivity contribution < 1.29 is 13.9 Å². The number of aromatic nitrogens is 2. The topological polar surface area (TPSA) is 42.4 Å². The predicted molar refractivity (Wildman–Crippen MR) is 83.0 cm³/mol. The summed E-state index contributed by atoms with van der Waals surface area (Å²) in [6, 6.07) is 3.08. The lowest BCUT2D eigenvalue weighted by Gasteiger charge is -2.16. The Morgan fingerprint density at radius 3 is 2.76 bits per heavy atom. The first kappa shape index (κ1) is 15.9. The van der Waals surface area contributed by atoms with E-state index in [4.69, 9.17) is 21.7 Å². The zero-order chi connectivity index (χ0) is 15.4. The third-order valence-electron chi connectivity index (χ3n) is 3.43. The minimum Gasteiger partial charge on any atom is -0.494 e. The first-order chi connectivity index (χ1) is 10.1. The van der Waals surface area contributed by atoms with E-state index in [1.807, 2.05) is 11.6 Å². The monoisotopic (exact) mass is 313 g/mol. The minimum atomic E-state index is -0.398. The van der Waals surface area contributed by atoms with Crippen LogP contribution < -0.4 is 4.74 Å². The zero-order valence-electron chi connectivity index (χ0n) is 12.5. The van der Waals surface area contributed by atoms with E-state index in [-0.39, 0.29) is 5.75 Å². The summed E-state index contributed by atoms with van der Waals surface area (Å²) in [7, 11) is 5.16. The van der Waals surface area contributed by atoms with Crippen LogP contribution in [0.15, 0.2) is 12.1 Å². The van der Waals surface area contributed by atoms with E-state index in [9.17, 15) is 4.39 Å². The van der Waals surface area contributed by atoms with Gasteiger partial charge in [0.05, 0.1) is 24.8 Å². The Morgan fingerprint density at radius 2 is 2.10 bits per heavy atom. The van der Waals surface area contributed by atoms with Gasteiger partial charge in [0.2, 0.25) is 0 Å². The second-order valence-corrected chi connectivity index (χ2v) is 5.27. The summed E-state index contributed by atoms with van der Waals surface area (Å²) in [6.45, 7) is 3.08. The standard InChI is InChI=1S/C14H20FN3O2S/c1-17(6-7-19-2)4-5-18-12-9-13(20-3)10(15)8-11(12)16-14(18)21/h8-9H,4-7H2,1-3H3,(H,16,21). The van der Waals surface area contributed by atoms with Crippen molar-refractivity contribution >= 4 is 23.3 Å². The van der Waals surface area contributed by atoms with E-state index in [2.05, 4.69) is 9.88 Å². The summed E-state index contributed by atoms with van der Waals surface area (Å²) in [6.07, 6.45) is 0. The van der Waals surface area contributed by atoms with E-state index < -0.39 is 5.82 Å². The molecule has 2 aromatic rings. The molecule has 0 amide bonds. The van der Waals surface area contributed by atoms with Crippen LogP contribution in [0.4, 0.5) is 4.39 Å². The van der Waals surface area contributed by atoms with Crippen molar-refractivity contribution in [1.29, 1.82) is 0 Å². The number of hydrogen-bond donors (Lipinski definition) is 1. The number of imidazole rings is 1. The van der Waals surface area contributed by atoms with E-state index in [0.29, 0.717) is 23.4 Å². The maximum atomic E-state index is 13.7. The van der Waals surface area contributed by atoms with Crippen LogP contribution in [0.25, 0.3) is 11.0 Å². The number of aromatic amines is 1. The third kappa shape index (κ3) is 3.61. The molecule has 0 saturated carbocycles. The number of nitrogens with one attached hydrogen (secondary N) is 1. The van der Waals surface area contributed by atoms with Crippen molar-refractivity contribution in [2.75, 3.05) is 41.0 Å². The number of H-pyrrole nitrogens is 1. The second kappa shape index (κ2) is 7.02. The summed E-state index contributed by atoms with van der Waals surface area (Å²) < 4.78 is 26.3. The molecule has 0 radical (unpaired) electrons. The van der Waals surface area contributed by atoms with Gasteiger partial charge in [-0.2, -0.15) is 0 Å². The summed E-state index contributed by atoms with van der Waals surface area (Å²) >= 11 is 5.32. The van der Waals surface area contributed by atoms with Gasteiger partial charge in [-0.15, -0.1) is 0 Å². The molecule has 1 aromatic carbocycles. The molecular weight excluding hydrogens is 293 g/mol. The molecule has 0 aliphatic carbocycles. The Hall–Kier alpha value is -1.44. The summed E-state index contributed by atoms with van der Waals surface area (Å²) in [4.78, 5) is 5.18. The van der Waals surface area contributed by atoms with Gasteiger partial charge in [-0.05, 0) is 19.3 Å². The van der Waals surface area contributed by atoms with Crippen LogP contribution in [0.3, 0.4) is 0 Å². The molecule has 0 unspecified atom stereocenters. The average molecular weight is 313 g/mol. The van der Waals surface area contributed by atoms with E-state index in [0.717, 1.165) is 18.6 Å². The number of rotatable bonds is 7. The molecule has 0 fully saturated rings. The van der Waals surface area contributed by atoms with Gasteiger partial charge in [0.1, 0.15) is 0 Å². The highest BCUT2D eigenvalue weighted by Gasteiger charge is 2.11. The van der Waals surface area contributed by atoms with Gasteiger partial charge >= 0.3 is 0 Å². The van der Waals surface area contributed by atoms with Gasteiger partial charge in [0, 0.05) is 38.9 Å². The van der Waals surface area contributed by atoms with Crippen molar-refractivity contribution in [3.63, 3.8) is 0 Å². The van der Waals surface area contributed by atoms with Crippen LogP contribution in [0.1, 0.15) is 0 Å². The molecule has 0 saturated heterocycles. The summed E-state index contributed by atoms with van der Waals surface area (Å²) in [5.74, 6) is -0.177. The number of methoxy groups -OCH3 is 2. The Balaban J connectivity index is 2.23. The molecule has 1 aromatic heterocycles. The third-order valence-corrected chi connectivity index (χ3v) is 3.75. The van der Waals surface area contributed by atoms with Crippen molar-refractivity contribution in [3.05, 3.63) is 22.7 Å². The summed E-state index contributed by atoms with van der Waals surface area (Å²) in [5, 5.41) is 0. The number of fused-ring (bicyclic) bond motifs is 1. The molecule has 5 nitrogen and oxygen atoms in total. The molecule has 21 heavy (non-hydrogen) atoms. The Kier molecular flexibility index (Phi) is 5.33. The normalized spacial score (nSPS) is 11.5. The van der Waals surface area contributed by atoms with Crippen molar-refractivity contribution in [3.8, 4) is 5.75 Å². The Morgan fingerprint density at radius 1 is 1.33 bits per heavy atom. The van der Waals surface area contributed by atoms with Crippen LogP contribution >= 0.6 is 12.2 Å². The smallest absolute Gasteiger partial charge is 0.178 e. The number of likely N-dealkylation sites (N-methyl/N-ethyl adjacent to an activating group) is 1. The molecule has 0 aliphatic rings. The van der Waals surface area contributed by atoms with E-state index >= 15 is 0 Å². The quantitative estimate of drug-likeness (QED) is 0.797. The zero-order valence-corrected chi connectivity index (χ0v) is 13.3. The minimum absolute atomic E-state index is 0.220. The van der Waals surface area contributed by atoms with Crippen LogP contribution in [0.2, 0.25) is 0 Å². The molecule has 1 heterocycles. The fraction of sp³-hybridized carbons (Fsp3) is 0.500. The first-order valence-electron chi connectivity index (χ1n) is 6.70. The van der Waals surface area contributed by atoms with Crippen molar-refractivity contribution in [1.82, 2.24) is 14.5 Å². The van der Waals surface area contributed by atoms with Gasteiger partial charge < -0.3 is 23.9 Å². The van der Waals surface area contributed by atoms with E-state index in [1.54, 1.807) is 13.2 Å². The van der Waals surface area contributed by atoms with Crippen LogP contribution in [0.5, 0.6) is 5.75 Å². The molecule has 0 bridgehead atoms. The largest absolute Gasteiger partial charge is 0.494 e. The lowest BCUT2D eigenvalue weighted by Crippen LogP contribution is -2.26. The number of benzene rings is 1. The molecule has 0 atom stereocenters. The Bertz CT molecular complexity index is 668. The molecule has 7 heteroatoms. The SMILES string of the molecule is COCCN(C)CCn1c(=S)[nH]c2cc(F)c(OC)cc21. The lowest BCUT2D eigenvalue weighted by atomic mass is 10.3. The van der Waals surface area contributed by atoms with Gasteiger partial charge in [0.25, 0.3) is 0 Å². The van der Waals surface area contributed by atoms with Gasteiger partial charge in [-0.1, -0.05) is 0 Å². The van der Waals surface area contributed by atoms with E-state index in [1.165, 1.54) is 13.2 Å². The lowest BCUT2D eigenvalue weighted by molar-refractivity contribution is 0.159. The maximum absolute atomic E-state index is 13.7. The van der Waals surface area contributed by atoms with Crippen molar-refractivity contribution in [2.45, 2.75) is 6.54 Å². The molecule has 0 aliphatic heterocycles. The van der Waals surface area contributed by atoms with Gasteiger partial charge in [-0.3, -0.25) is 0 Å². The highest BCUT2D eigenvalue weighted by atomic mass is 32.1. The number of ether oxygens (including phenoxy) is 2.